The molecule has 14 heavy (non-hydrogen) atoms. The van der Waals surface area contributed by atoms with Crippen LogP contribution in [0.4, 0.5) is 9.59 Å². The lowest BCUT2D eigenvalue weighted by atomic mass is 9.99. The fourth-order valence-electron chi connectivity index (χ4n) is 1.56. The lowest BCUT2D eigenvalue weighted by molar-refractivity contribution is 0.0923. The Bertz CT molecular complexity index is 233. The molecule has 1 atom stereocenters. The molecule has 1 saturated heterocycles. The maximum Gasteiger partial charge on any atom is 0.407 e. The van der Waals surface area contributed by atoms with Crippen molar-refractivity contribution in [1.29, 1.82) is 0 Å². The Kier molecular flexibility index (Phi) is 4.00. The summed E-state index contributed by atoms with van der Waals surface area (Å²) in [6, 6.07) is 0. The Labute approximate surface area is 86.6 Å². The Morgan fingerprint density at radius 2 is 2.29 bits per heavy atom. The van der Waals surface area contributed by atoms with Crippen LogP contribution in [0.5, 0.6) is 0 Å². The maximum atomic E-state index is 10.6. The molecule has 0 spiro atoms. The van der Waals surface area contributed by atoms with E-state index in [0.29, 0.717) is 13.1 Å². The molecular formula is C8H12ClNO4. The van der Waals surface area contributed by atoms with Gasteiger partial charge in [0.2, 0.25) is 0 Å². The molecule has 0 aromatic rings. The van der Waals surface area contributed by atoms with Gasteiger partial charge in [0, 0.05) is 30.6 Å². The van der Waals surface area contributed by atoms with Gasteiger partial charge in [-0.1, -0.05) is 0 Å². The molecule has 0 bridgehead atoms. The first-order valence-electron chi connectivity index (χ1n) is 4.39. The summed E-state index contributed by atoms with van der Waals surface area (Å²) in [6.45, 7) is 1.17. The second-order valence-electron chi connectivity index (χ2n) is 3.29. The molecule has 1 aliphatic rings. The lowest BCUT2D eigenvalue weighted by Crippen LogP contribution is -2.40. The highest BCUT2D eigenvalue weighted by atomic mass is 35.5. The van der Waals surface area contributed by atoms with E-state index >= 15 is 0 Å². The molecule has 1 fully saturated rings. The van der Waals surface area contributed by atoms with Crippen LogP contribution in [0.15, 0.2) is 0 Å². The number of carboxylic acid groups (broad SMARTS) is 1. The number of ether oxygens (including phenoxy) is 1. The molecule has 80 valence electrons. The second kappa shape index (κ2) is 5.05. The van der Waals surface area contributed by atoms with Crippen LogP contribution in [-0.2, 0) is 4.74 Å². The number of carbonyl (C=O) groups excluding carboxylic acids is 1. The van der Waals surface area contributed by atoms with Gasteiger partial charge < -0.3 is 14.7 Å². The monoisotopic (exact) mass is 221 g/mol. The van der Waals surface area contributed by atoms with Crippen molar-refractivity contribution in [2.24, 2.45) is 5.92 Å². The third-order valence-corrected chi connectivity index (χ3v) is 2.33. The van der Waals surface area contributed by atoms with Crippen molar-refractivity contribution in [3.05, 3.63) is 0 Å². The minimum Gasteiger partial charge on any atom is -0.465 e. The van der Waals surface area contributed by atoms with Crippen LogP contribution < -0.4 is 0 Å². The van der Waals surface area contributed by atoms with Crippen LogP contribution in [0, 0.1) is 5.92 Å². The van der Waals surface area contributed by atoms with Crippen molar-refractivity contribution >= 4 is 23.1 Å². The van der Waals surface area contributed by atoms with Crippen LogP contribution in [0.1, 0.15) is 12.8 Å². The molecule has 1 amide bonds. The van der Waals surface area contributed by atoms with Crippen molar-refractivity contribution in [3.8, 4) is 0 Å². The molecule has 6 heteroatoms. The molecule has 0 saturated carbocycles. The van der Waals surface area contributed by atoms with Crippen LogP contribution in [0.2, 0.25) is 0 Å². The molecule has 1 heterocycles. The van der Waals surface area contributed by atoms with Gasteiger partial charge in [0.1, 0.15) is 0 Å². The third-order valence-electron chi connectivity index (χ3n) is 2.22. The summed E-state index contributed by atoms with van der Waals surface area (Å²) in [4.78, 5) is 22.3. The normalized spacial score (nSPS) is 21.8. The highest BCUT2D eigenvalue weighted by molar-refractivity contribution is 6.61. The summed E-state index contributed by atoms with van der Waals surface area (Å²) < 4.78 is 4.62. The van der Waals surface area contributed by atoms with Gasteiger partial charge in [-0.3, -0.25) is 0 Å². The fraction of sp³-hybridized carbons (Fsp3) is 0.750. The van der Waals surface area contributed by atoms with E-state index in [1.54, 1.807) is 0 Å². The van der Waals surface area contributed by atoms with Crippen molar-refractivity contribution in [2.45, 2.75) is 12.8 Å². The van der Waals surface area contributed by atoms with Gasteiger partial charge >= 0.3 is 11.5 Å². The second-order valence-corrected chi connectivity index (χ2v) is 3.59. The van der Waals surface area contributed by atoms with Crippen LogP contribution in [0.3, 0.4) is 0 Å². The molecule has 1 N–H and O–H groups in total. The smallest absolute Gasteiger partial charge is 0.407 e. The van der Waals surface area contributed by atoms with E-state index in [1.807, 2.05) is 0 Å². The molecular weight excluding hydrogens is 210 g/mol. The summed E-state index contributed by atoms with van der Waals surface area (Å²) in [6.07, 6.45) is 0.747. The van der Waals surface area contributed by atoms with E-state index < -0.39 is 11.5 Å². The predicted octanol–water partition coefficient (Wildman–Crippen LogP) is 1.75. The molecule has 1 aliphatic heterocycles. The van der Waals surface area contributed by atoms with Crippen molar-refractivity contribution in [1.82, 2.24) is 4.90 Å². The number of piperidine rings is 1. The SMILES string of the molecule is O=C(Cl)OC[C@H]1CCCN(C(=O)O)C1. The van der Waals surface area contributed by atoms with Gasteiger partial charge in [-0.15, -0.1) is 0 Å². The molecule has 0 aromatic heterocycles. The topological polar surface area (TPSA) is 66.8 Å². The Hall–Kier alpha value is -0.970. The minimum absolute atomic E-state index is 0.0718. The third kappa shape index (κ3) is 3.41. The van der Waals surface area contributed by atoms with Crippen molar-refractivity contribution in [3.63, 3.8) is 0 Å². The van der Waals surface area contributed by atoms with Crippen LogP contribution in [0.25, 0.3) is 0 Å². The van der Waals surface area contributed by atoms with Gasteiger partial charge in [0.05, 0.1) is 6.61 Å². The first-order chi connectivity index (χ1) is 6.59. The summed E-state index contributed by atoms with van der Waals surface area (Å²) in [5.74, 6) is 0.0718. The summed E-state index contributed by atoms with van der Waals surface area (Å²) in [7, 11) is 0. The molecule has 0 radical (unpaired) electrons. The van der Waals surface area contributed by atoms with E-state index in [9.17, 15) is 9.59 Å². The van der Waals surface area contributed by atoms with Gasteiger partial charge in [-0.2, -0.15) is 0 Å². The van der Waals surface area contributed by atoms with Gasteiger partial charge in [-0.05, 0) is 12.8 Å². The van der Waals surface area contributed by atoms with Crippen LogP contribution in [-0.4, -0.2) is 41.2 Å². The Morgan fingerprint density at radius 1 is 1.57 bits per heavy atom. The largest absolute Gasteiger partial charge is 0.465 e. The lowest BCUT2D eigenvalue weighted by Gasteiger charge is -2.29. The summed E-state index contributed by atoms with van der Waals surface area (Å²) in [5, 5.41) is 8.73. The average molecular weight is 222 g/mol. The number of halogens is 1. The number of carbonyl (C=O) groups is 2. The zero-order valence-electron chi connectivity index (χ0n) is 7.61. The Morgan fingerprint density at radius 3 is 2.86 bits per heavy atom. The van der Waals surface area contributed by atoms with E-state index in [4.69, 9.17) is 16.7 Å². The number of nitrogens with zero attached hydrogens (tertiary/aromatic N) is 1. The zero-order chi connectivity index (χ0) is 10.6. The average Bonchev–Trinajstić information content (AvgIpc) is 2.15. The van der Waals surface area contributed by atoms with Crippen LogP contribution >= 0.6 is 11.6 Å². The fourth-order valence-corrected chi connectivity index (χ4v) is 1.62. The molecule has 1 rings (SSSR count). The number of likely N-dealkylation sites (tertiary alicyclic amines) is 1. The first kappa shape index (κ1) is 11.1. The molecule has 0 aromatic carbocycles. The van der Waals surface area contributed by atoms with Gasteiger partial charge in [-0.25, -0.2) is 9.59 Å². The Balaban J connectivity index is 2.32. The predicted molar refractivity (Wildman–Crippen MR) is 49.5 cm³/mol. The quantitative estimate of drug-likeness (QED) is 0.722. The highest BCUT2D eigenvalue weighted by Crippen LogP contribution is 2.17. The minimum atomic E-state index is -0.924. The summed E-state index contributed by atoms with van der Waals surface area (Å²) in [5.41, 5.74) is -0.836. The van der Waals surface area contributed by atoms with Gasteiger partial charge in [0.15, 0.2) is 0 Å². The molecule has 0 unspecified atom stereocenters. The maximum absolute atomic E-state index is 10.6. The van der Waals surface area contributed by atoms with Crippen molar-refractivity contribution in [2.75, 3.05) is 19.7 Å². The molecule has 5 nitrogen and oxygen atoms in total. The van der Waals surface area contributed by atoms with E-state index in [-0.39, 0.29) is 12.5 Å². The van der Waals surface area contributed by atoms with Gasteiger partial charge in [0.25, 0.3) is 0 Å². The first-order valence-corrected chi connectivity index (χ1v) is 4.77. The standard InChI is InChI=1S/C8H12ClNO4/c9-7(11)14-5-6-2-1-3-10(4-6)8(12)13/h6H,1-5H2,(H,12,13)/t6-/m0/s1. The number of hydrogen-bond donors (Lipinski definition) is 1. The number of rotatable bonds is 2. The van der Waals surface area contributed by atoms with Crippen molar-refractivity contribution < 1.29 is 19.4 Å². The highest BCUT2D eigenvalue weighted by Gasteiger charge is 2.23. The molecule has 0 aliphatic carbocycles. The number of hydrogen-bond acceptors (Lipinski definition) is 3. The zero-order valence-corrected chi connectivity index (χ0v) is 8.37. The van der Waals surface area contributed by atoms with E-state index in [0.717, 1.165) is 12.8 Å². The van der Waals surface area contributed by atoms with E-state index in [1.165, 1.54) is 4.90 Å². The van der Waals surface area contributed by atoms with E-state index in [2.05, 4.69) is 4.74 Å². The summed E-state index contributed by atoms with van der Waals surface area (Å²) >= 11 is 5.00. The number of amides is 1.